The van der Waals surface area contributed by atoms with Crippen LogP contribution in [0.25, 0.3) is 0 Å². The first-order chi connectivity index (χ1) is 6.97. The Kier molecular flexibility index (Phi) is 3.24. The zero-order valence-electron chi connectivity index (χ0n) is 9.20. The highest BCUT2D eigenvalue weighted by molar-refractivity contribution is 5.91. The van der Waals surface area contributed by atoms with Gasteiger partial charge in [0.05, 0.1) is 0 Å². The Balaban J connectivity index is 3.13. The highest BCUT2D eigenvalue weighted by atomic mass is 16.2. The van der Waals surface area contributed by atoms with Gasteiger partial charge in [-0.2, -0.15) is 0 Å². The zero-order chi connectivity index (χ0) is 11.5. The summed E-state index contributed by atoms with van der Waals surface area (Å²) < 4.78 is 0. The van der Waals surface area contributed by atoms with Gasteiger partial charge in [0.25, 0.3) is 0 Å². The number of benzene rings is 1. The van der Waals surface area contributed by atoms with Crippen LogP contribution in [-0.2, 0) is 15.1 Å². The lowest BCUT2D eigenvalue weighted by Gasteiger charge is -2.28. The Morgan fingerprint density at radius 2 is 1.67 bits per heavy atom. The third-order valence-corrected chi connectivity index (χ3v) is 2.48. The molecule has 0 spiro atoms. The lowest BCUT2D eigenvalue weighted by Crippen LogP contribution is -2.47. The maximum absolute atomic E-state index is 11.6. The fourth-order valence-electron chi connectivity index (χ4n) is 1.49. The number of hydrogen-bond donors (Lipinski definition) is 1. The quantitative estimate of drug-likeness (QED) is 0.815. The van der Waals surface area contributed by atoms with E-state index in [4.69, 9.17) is 0 Å². The van der Waals surface area contributed by atoms with Gasteiger partial charge < -0.3 is 5.32 Å². The molecule has 1 amide bonds. The summed E-state index contributed by atoms with van der Waals surface area (Å²) in [4.78, 5) is 22.7. The third kappa shape index (κ3) is 2.43. The molecular weight excluding hydrogens is 190 g/mol. The first-order valence-electron chi connectivity index (χ1n) is 4.82. The molecule has 0 fully saturated rings. The molecule has 0 saturated heterocycles. The second-order valence-corrected chi connectivity index (χ2v) is 3.73. The smallest absolute Gasteiger partial charge is 0.217 e. The van der Waals surface area contributed by atoms with E-state index in [1.54, 1.807) is 6.92 Å². The van der Waals surface area contributed by atoms with Gasteiger partial charge >= 0.3 is 0 Å². The SMILES string of the molecule is CC(=O)N[C@](C)(C(C)=O)c1ccccc1. The van der Waals surface area contributed by atoms with Crippen LogP contribution in [0.5, 0.6) is 0 Å². The molecule has 1 atom stereocenters. The van der Waals surface area contributed by atoms with Crippen molar-refractivity contribution in [1.29, 1.82) is 0 Å². The fraction of sp³-hybridized carbons (Fsp3) is 0.333. The van der Waals surface area contributed by atoms with Crippen molar-refractivity contribution < 1.29 is 9.59 Å². The van der Waals surface area contributed by atoms with Crippen LogP contribution in [0.4, 0.5) is 0 Å². The molecule has 0 radical (unpaired) electrons. The van der Waals surface area contributed by atoms with Crippen LogP contribution in [-0.4, -0.2) is 11.7 Å². The molecule has 0 aliphatic carbocycles. The van der Waals surface area contributed by atoms with Gasteiger partial charge in [-0.3, -0.25) is 9.59 Å². The monoisotopic (exact) mass is 205 g/mol. The van der Waals surface area contributed by atoms with Crippen LogP contribution < -0.4 is 5.32 Å². The summed E-state index contributed by atoms with van der Waals surface area (Å²) in [5.74, 6) is -0.291. The summed E-state index contributed by atoms with van der Waals surface area (Å²) in [5, 5.41) is 2.68. The van der Waals surface area contributed by atoms with E-state index < -0.39 is 5.54 Å². The highest BCUT2D eigenvalue weighted by Gasteiger charge is 2.32. The standard InChI is InChI=1S/C12H15NO2/c1-9(14)12(3,13-10(2)15)11-7-5-4-6-8-11/h4-8H,1-3H3,(H,13,15)/t12-/m1/s1. The number of Topliss-reactive ketones (excluding diaryl/α,β-unsaturated/α-hetero) is 1. The largest absolute Gasteiger partial charge is 0.340 e. The minimum Gasteiger partial charge on any atom is -0.340 e. The summed E-state index contributed by atoms with van der Waals surface area (Å²) in [5.41, 5.74) is -0.125. The summed E-state index contributed by atoms with van der Waals surface area (Å²) >= 11 is 0. The normalized spacial score (nSPS) is 14.1. The van der Waals surface area contributed by atoms with Gasteiger partial charge in [-0.15, -0.1) is 0 Å². The molecule has 0 unspecified atom stereocenters. The predicted molar refractivity (Wildman–Crippen MR) is 58.3 cm³/mol. The van der Waals surface area contributed by atoms with Crippen LogP contribution in [0.3, 0.4) is 0 Å². The van der Waals surface area contributed by atoms with Crippen LogP contribution in [0, 0.1) is 0 Å². The van der Waals surface area contributed by atoms with Crippen LogP contribution >= 0.6 is 0 Å². The second kappa shape index (κ2) is 4.26. The summed E-state index contributed by atoms with van der Waals surface area (Å²) in [7, 11) is 0. The van der Waals surface area contributed by atoms with Crippen molar-refractivity contribution in [3.05, 3.63) is 35.9 Å². The van der Waals surface area contributed by atoms with Crippen LogP contribution in [0.15, 0.2) is 30.3 Å². The predicted octanol–water partition coefficient (Wildman–Crippen LogP) is 1.63. The Morgan fingerprint density at radius 1 is 1.13 bits per heavy atom. The molecule has 3 heteroatoms. The van der Waals surface area contributed by atoms with E-state index in [-0.39, 0.29) is 11.7 Å². The number of carbonyl (C=O) groups excluding carboxylic acids is 2. The van der Waals surface area contributed by atoms with E-state index in [1.165, 1.54) is 13.8 Å². The summed E-state index contributed by atoms with van der Waals surface area (Å²) in [6.07, 6.45) is 0. The van der Waals surface area contributed by atoms with E-state index in [2.05, 4.69) is 5.32 Å². The number of hydrogen-bond acceptors (Lipinski definition) is 2. The number of ketones is 1. The maximum atomic E-state index is 11.6. The average molecular weight is 205 g/mol. The van der Waals surface area contributed by atoms with Gasteiger partial charge in [-0.1, -0.05) is 30.3 Å². The first-order valence-corrected chi connectivity index (χ1v) is 4.82. The lowest BCUT2D eigenvalue weighted by molar-refractivity contribution is -0.129. The number of rotatable bonds is 3. The maximum Gasteiger partial charge on any atom is 0.217 e. The summed E-state index contributed by atoms with van der Waals surface area (Å²) in [6.45, 7) is 4.60. The zero-order valence-corrected chi connectivity index (χ0v) is 9.20. The molecule has 1 aromatic carbocycles. The molecule has 0 heterocycles. The average Bonchev–Trinajstić information content (AvgIpc) is 2.17. The third-order valence-electron chi connectivity index (χ3n) is 2.48. The number of nitrogens with one attached hydrogen (secondary N) is 1. The Bertz CT molecular complexity index is 372. The number of amides is 1. The van der Waals surface area contributed by atoms with Gasteiger partial charge in [0.1, 0.15) is 5.54 Å². The minimum atomic E-state index is -0.924. The molecule has 1 aromatic rings. The van der Waals surface area contributed by atoms with Gasteiger partial charge in [-0.25, -0.2) is 0 Å². The molecular formula is C12H15NO2. The van der Waals surface area contributed by atoms with Crippen molar-refractivity contribution >= 4 is 11.7 Å². The highest BCUT2D eigenvalue weighted by Crippen LogP contribution is 2.21. The Labute approximate surface area is 89.5 Å². The number of carbonyl (C=O) groups is 2. The van der Waals surface area contributed by atoms with Gasteiger partial charge in [0, 0.05) is 6.92 Å². The van der Waals surface area contributed by atoms with Crippen molar-refractivity contribution in [3.63, 3.8) is 0 Å². The van der Waals surface area contributed by atoms with Crippen molar-refractivity contribution in [2.24, 2.45) is 0 Å². The molecule has 1 N–H and O–H groups in total. The van der Waals surface area contributed by atoms with Crippen molar-refractivity contribution in [2.75, 3.05) is 0 Å². The lowest BCUT2D eigenvalue weighted by atomic mass is 9.88. The van der Waals surface area contributed by atoms with E-state index in [1.807, 2.05) is 30.3 Å². The van der Waals surface area contributed by atoms with Crippen molar-refractivity contribution in [2.45, 2.75) is 26.3 Å². The fourth-order valence-corrected chi connectivity index (χ4v) is 1.49. The van der Waals surface area contributed by atoms with E-state index >= 15 is 0 Å². The molecule has 0 saturated carbocycles. The molecule has 0 aliphatic rings. The van der Waals surface area contributed by atoms with Crippen molar-refractivity contribution in [3.8, 4) is 0 Å². The Morgan fingerprint density at radius 3 is 2.07 bits per heavy atom. The molecule has 0 aliphatic heterocycles. The first kappa shape index (κ1) is 11.4. The topological polar surface area (TPSA) is 46.2 Å². The minimum absolute atomic E-state index is 0.0797. The van der Waals surface area contributed by atoms with E-state index in [9.17, 15) is 9.59 Å². The molecule has 3 nitrogen and oxygen atoms in total. The van der Waals surface area contributed by atoms with Crippen LogP contribution in [0.2, 0.25) is 0 Å². The Hall–Kier alpha value is -1.64. The molecule has 80 valence electrons. The van der Waals surface area contributed by atoms with Crippen molar-refractivity contribution in [1.82, 2.24) is 5.32 Å². The molecule has 0 aromatic heterocycles. The van der Waals surface area contributed by atoms with Gasteiger partial charge in [-0.05, 0) is 19.4 Å². The molecule has 0 bridgehead atoms. The summed E-state index contributed by atoms with van der Waals surface area (Å²) in [6, 6.07) is 9.23. The second-order valence-electron chi connectivity index (χ2n) is 3.73. The van der Waals surface area contributed by atoms with Gasteiger partial charge in [0.15, 0.2) is 5.78 Å². The van der Waals surface area contributed by atoms with E-state index in [0.29, 0.717) is 0 Å². The van der Waals surface area contributed by atoms with E-state index in [0.717, 1.165) is 5.56 Å². The van der Waals surface area contributed by atoms with Gasteiger partial charge in [0.2, 0.25) is 5.91 Å². The van der Waals surface area contributed by atoms with Crippen LogP contribution in [0.1, 0.15) is 26.3 Å². The molecule has 15 heavy (non-hydrogen) atoms. The molecule has 1 rings (SSSR count).